The summed E-state index contributed by atoms with van der Waals surface area (Å²) in [5, 5.41) is 3.01. The molecule has 0 saturated heterocycles. The lowest BCUT2D eigenvalue weighted by molar-refractivity contribution is -0.126. The molecule has 140 valence electrons. The molecule has 0 aliphatic carbocycles. The third-order valence-electron chi connectivity index (χ3n) is 4.28. The summed E-state index contributed by atoms with van der Waals surface area (Å²) >= 11 is 0. The van der Waals surface area contributed by atoms with Crippen LogP contribution in [0.25, 0.3) is 0 Å². The molecular weight excluding hydrogens is 338 g/mol. The van der Waals surface area contributed by atoms with E-state index in [1.165, 1.54) is 12.1 Å². The quantitative estimate of drug-likeness (QED) is 0.772. The molecule has 2 rings (SSSR count). The van der Waals surface area contributed by atoms with Gasteiger partial charge in [0.15, 0.2) is 0 Å². The number of nitrogens with one attached hydrogen (secondary N) is 1. The third kappa shape index (κ3) is 5.81. The van der Waals surface area contributed by atoms with Gasteiger partial charge in [-0.1, -0.05) is 42.5 Å². The first kappa shape index (κ1) is 19.8. The topological polar surface area (TPSA) is 41.6 Å². The van der Waals surface area contributed by atoms with Crippen LogP contribution in [0.3, 0.4) is 0 Å². The highest BCUT2D eigenvalue weighted by atomic mass is 19.3. The zero-order chi connectivity index (χ0) is 19.1. The van der Waals surface area contributed by atoms with Crippen LogP contribution >= 0.6 is 0 Å². The zero-order valence-electron chi connectivity index (χ0n) is 15.2. The van der Waals surface area contributed by atoms with Crippen LogP contribution in [0.15, 0.2) is 54.6 Å². The first-order valence-electron chi connectivity index (χ1n) is 8.46. The number of rotatable bonds is 8. The second-order valence-electron chi connectivity index (χ2n) is 6.25. The second-order valence-corrected chi connectivity index (χ2v) is 6.25. The van der Waals surface area contributed by atoms with Gasteiger partial charge in [-0.3, -0.25) is 9.69 Å². The number of hydrogen-bond donors (Lipinski definition) is 1. The van der Waals surface area contributed by atoms with Crippen molar-refractivity contribution in [1.29, 1.82) is 0 Å². The number of benzene rings is 2. The Labute approximate surface area is 152 Å². The number of alkyl halides is 2. The van der Waals surface area contributed by atoms with Gasteiger partial charge in [0.25, 0.3) is 0 Å². The number of carbonyl (C=O) groups excluding carboxylic acids is 1. The maximum Gasteiger partial charge on any atom is 0.387 e. The molecule has 2 unspecified atom stereocenters. The highest BCUT2D eigenvalue weighted by Gasteiger charge is 2.20. The van der Waals surface area contributed by atoms with Gasteiger partial charge in [-0.15, -0.1) is 0 Å². The summed E-state index contributed by atoms with van der Waals surface area (Å²) < 4.78 is 28.7. The number of amides is 1. The van der Waals surface area contributed by atoms with Crippen LogP contribution in [0.5, 0.6) is 5.75 Å². The normalized spacial score (nSPS) is 13.5. The van der Waals surface area contributed by atoms with Crippen LogP contribution in [-0.4, -0.2) is 30.5 Å². The van der Waals surface area contributed by atoms with Gasteiger partial charge >= 0.3 is 6.61 Å². The molecular formula is C20H24F2N2O2. The fourth-order valence-electron chi connectivity index (χ4n) is 2.56. The van der Waals surface area contributed by atoms with Crippen LogP contribution in [0.2, 0.25) is 0 Å². The van der Waals surface area contributed by atoms with Gasteiger partial charge in [0.05, 0.1) is 12.1 Å². The van der Waals surface area contributed by atoms with E-state index in [9.17, 15) is 13.6 Å². The first-order chi connectivity index (χ1) is 12.4. The van der Waals surface area contributed by atoms with Gasteiger partial charge in [0.1, 0.15) is 5.75 Å². The minimum atomic E-state index is -2.83. The predicted molar refractivity (Wildman–Crippen MR) is 97.0 cm³/mol. The fraction of sp³-hybridized carbons (Fsp3) is 0.350. The summed E-state index contributed by atoms with van der Waals surface area (Å²) in [7, 11) is 1.85. The lowest BCUT2D eigenvalue weighted by atomic mass is 10.1. The minimum absolute atomic E-state index is 0.0680. The van der Waals surface area contributed by atoms with Crippen LogP contribution < -0.4 is 10.1 Å². The number of hydrogen-bond acceptors (Lipinski definition) is 3. The molecule has 0 heterocycles. The Balaban J connectivity index is 1.89. The van der Waals surface area contributed by atoms with Crippen molar-refractivity contribution in [2.75, 3.05) is 7.05 Å². The molecule has 6 heteroatoms. The molecule has 1 N–H and O–H groups in total. The van der Waals surface area contributed by atoms with Crippen LogP contribution in [0, 0.1) is 0 Å². The third-order valence-corrected chi connectivity index (χ3v) is 4.28. The van der Waals surface area contributed by atoms with Gasteiger partial charge in [0.2, 0.25) is 5.91 Å². The minimum Gasteiger partial charge on any atom is -0.435 e. The molecule has 0 fully saturated rings. The number of likely N-dealkylation sites (N-methyl/N-ethyl adjacent to an activating group) is 1. The van der Waals surface area contributed by atoms with Gasteiger partial charge in [0, 0.05) is 6.54 Å². The Kier molecular flexibility index (Phi) is 7.09. The Morgan fingerprint density at radius 3 is 2.27 bits per heavy atom. The molecule has 2 aromatic carbocycles. The van der Waals surface area contributed by atoms with E-state index in [2.05, 4.69) is 10.1 Å². The monoisotopic (exact) mass is 362 g/mol. The van der Waals surface area contributed by atoms with Gasteiger partial charge in [-0.05, 0) is 44.2 Å². The summed E-state index contributed by atoms with van der Waals surface area (Å²) in [4.78, 5) is 14.4. The molecule has 0 radical (unpaired) electrons. The summed E-state index contributed by atoms with van der Waals surface area (Å²) in [6, 6.07) is 15.8. The van der Waals surface area contributed by atoms with Crippen molar-refractivity contribution in [2.24, 2.45) is 0 Å². The average molecular weight is 362 g/mol. The largest absolute Gasteiger partial charge is 0.435 e. The van der Waals surface area contributed by atoms with Gasteiger partial charge < -0.3 is 10.1 Å². The predicted octanol–water partition coefficient (Wildman–Crippen LogP) is 3.99. The Morgan fingerprint density at radius 2 is 1.69 bits per heavy atom. The second kappa shape index (κ2) is 9.29. The van der Waals surface area contributed by atoms with Crippen LogP contribution in [-0.2, 0) is 11.3 Å². The van der Waals surface area contributed by atoms with Crippen LogP contribution in [0.1, 0.15) is 31.0 Å². The van der Waals surface area contributed by atoms with E-state index >= 15 is 0 Å². The molecule has 0 saturated carbocycles. The molecule has 2 atom stereocenters. The maximum atomic E-state index is 12.5. The number of halogens is 2. The van der Waals surface area contributed by atoms with E-state index in [4.69, 9.17) is 0 Å². The fourth-order valence-corrected chi connectivity index (χ4v) is 2.56. The highest BCUT2D eigenvalue weighted by Crippen LogP contribution is 2.17. The lowest BCUT2D eigenvalue weighted by Gasteiger charge is -2.26. The lowest BCUT2D eigenvalue weighted by Crippen LogP contribution is -2.43. The van der Waals surface area contributed by atoms with E-state index < -0.39 is 6.61 Å². The first-order valence-corrected chi connectivity index (χ1v) is 8.46. The van der Waals surface area contributed by atoms with Crippen molar-refractivity contribution in [2.45, 2.75) is 39.1 Å². The smallest absolute Gasteiger partial charge is 0.387 e. The number of carbonyl (C=O) groups is 1. The van der Waals surface area contributed by atoms with Crippen LogP contribution in [0.4, 0.5) is 8.78 Å². The van der Waals surface area contributed by atoms with E-state index in [1.54, 1.807) is 12.1 Å². The van der Waals surface area contributed by atoms with E-state index in [1.807, 2.05) is 56.1 Å². The summed E-state index contributed by atoms with van der Waals surface area (Å²) in [5.41, 5.74) is 1.95. The Hall–Kier alpha value is -2.47. The maximum absolute atomic E-state index is 12.5. The molecule has 1 amide bonds. The molecule has 0 aliphatic heterocycles. The molecule has 0 bridgehead atoms. The average Bonchev–Trinajstić information content (AvgIpc) is 2.62. The van der Waals surface area contributed by atoms with Gasteiger partial charge in [-0.25, -0.2) is 0 Å². The number of nitrogens with zero attached hydrogens (tertiary/aromatic N) is 1. The summed E-state index contributed by atoms with van der Waals surface area (Å²) in [5.74, 6) is 0.0513. The van der Waals surface area contributed by atoms with Crippen molar-refractivity contribution in [3.05, 3.63) is 65.7 Å². The highest BCUT2D eigenvalue weighted by molar-refractivity contribution is 5.81. The summed E-state index contributed by atoms with van der Waals surface area (Å²) in [6.07, 6.45) is 0. The van der Waals surface area contributed by atoms with Gasteiger partial charge in [-0.2, -0.15) is 8.78 Å². The van der Waals surface area contributed by atoms with Crippen molar-refractivity contribution in [1.82, 2.24) is 10.2 Å². The Morgan fingerprint density at radius 1 is 1.08 bits per heavy atom. The molecule has 2 aromatic rings. The zero-order valence-corrected chi connectivity index (χ0v) is 15.2. The van der Waals surface area contributed by atoms with Crippen molar-refractivity contribution < 1.29 is 18.3 Å². The SMILES string of the molecule is CC(NC(=O)C(C)N(C)Cc1ccc(OC(F)F)cc1)c1ccccc1. The molecule has 26 heavy (non-hydrogen) atoms. The number of ether oxygens (including phenoxy) is 1. The molecule has 0 spiro atoms. The summed E-state index contributed by atoms with van der Waals surface area (Å²) in [6.45, 7) is 1.46. The van der Waals surface area contributed by atoms with E-state index in [0.29, 0.717) is 6.54 Å². The standard InChI is InChI=1S/C20H24F2N2O2/c1-14(17-7-5-4-6-8-17)23-19(25)15(2)24(3)13-16-9-11-18(12-10-16)26-20(21)22/h4-12,14-15,20H,13H2,1-3H3,(H,23,25). The van der Waals surface area contributed by atoms with Crippen molar-refractivity contribution in [3.63, 3.8) is 0 Å². The van der Waals surface area contributed by atoms with E-state index in [-0.39, 0.29) is 23.7 Å². The molecule has 0 aliphatic rings. The molecule has 4 nitrogen and oxygen atoms in total. The Bertz CT molecular complexity index is 693. The molecule has 0 aromatic heterocycles. The van der Waals surface area contributed by atoms with Crippen molar-refractivity contribution >= 4 is 5.91 Å². The van der Waals surface area contributed by atoms with Crippen molar-refractivity contribution in [3.8, 4) is 5.75 Å². The van der Waals surface area contributed by atoms with E-state index in [0.717, 1.165) is 11.1 Å².